The number of nitrogens with two attached hydrogens (primary N) is 1. The number of rotatable bonds is 9. The summed E-state index contributed by atoms with van der Waals surface area (Å²) in [6.45, 7) is -5.37. The second-order valence-electron chi connectivity index (χ2n) is 5.62. The lowest BCUT2D eigenvalue weighted by molar-refractivity contribution is -0.0518. The highest BCUT2D eigenvalue weighted by molar-refractivity contribution is 7.66. The minimum Gasteiger partial charge on any atom is -0.388 e. The molecule has 1 aliphatic heterocycles. The maximum atomic E-state index is 13.7. The molecule has 0 spiro atoms. The molecular formula is C9H15ClFN4O13P3. The van der Waals surface area contributed by atoms with Gasteiger partial charge in [-0.3, -0.25) is 4.52 Å². The molecule has 7 N–H and O–H groups in total. The molecule has 6 atom stereocenters. The third-order valence-corrected chi connectivity index (χ3v) is 7.50. The first kappa shape index (κ1) is 23.3. The van der Waals surface area contributed by atoms with E-state index in [1.807, 2.05) is 0 Å². The molecule has 1 fully saturated rings. The molecule has 1 saturated heterocycles. The van der Waals surface area contributed by atoms with Gasteiger partial charge in [0.25, 0.3) is 0 Å². The number of alkyl halides is 2. The quantitative estimate of drug-likeness (QED) is 0.159. The lowest BCUT2D eigenvalue weighted by Crippen LogP contribution is -2.47. The highest BCUT2D eigenvalue weighted by Crippen LogP contribution is 2.66. The van der Waals surface area contributed by atoms with E-state index in [4.69, 9.17) is 39.5 Å². The van der Waals surface area contributed by atoms with Crippen molar-refractivity contribution in [1.29, 1.82) is 0 Å². The van der Waals surface area contributed by atoms with Crippen LogP contribution >= 0.6 is 35.1 Å². The third kappa shape index (κ3) is 6.58. The summed E-state index contributed by atoms with van der Waals surface area (Å²) >= 11 is 5.98. The van der Waals surface area contributed by atoms with Crippen molar-refractivity contribution in [2.24, 2.45) is 0 Å². The van der Waals surface area contributed by atoms with Crippen molar-refractivity contribution >= 4 is 40.9 Å². The molecule has 3 unspecified atom stereocenters. The second kappa shape index (κ2) is 9.19. The Kier molecular flexibility index (Phi) is 6.91. The van der Waals surface area contributed by atoms with Crippen LogP contribution in [0.3, 0.4) is 0 Å². The molecule has 0 aliphatic carbocycles. The average molecular weight is 537 g/mol. The van der Waals surface area contributed by atoms with Gasteiger partial charge in [0.05, 0.1) is 15.5 Å². The maximum absolute atomic E-state index is 13.7. The Morgan fingerprint density at radius 2 is 1.94 bits per heavy atom. The van der Waals surface area contributed by atoms with Crippen molar-refractivity contribution in [3.8, 4) is 0 Å². The number of aliphatic hydroxyl groups is 1. The van der Waals surface area contributed by atoms with Crippen LogP contribution in [-0.2, 0) is 31.6 Å². The maximum Gasteiger partial charge on any atom is 0.490 e. The Bertz CT molecular complexity index is 1110. The molecule has 0 bridgehead atoms. The monoisotopic (exact) mass is 536 g/mol. The van der Waals surface area contributed by atoms with E-state index in [-0.39, 0.29) is 10.5 Å². The summed E-state index contributed by atoms with van der Waals surface area (Å²) in [6, 6.07) is 0. The smallest absolute Gasteiger partial charge is 0.388 e. The fourth-order valence-corrected chi connectivity index (χ4v) is 5.29. The number of phosphoric acid groups is 3. The standard InChI is InChI=1S/C9H15ClFN4O13P3/c10-9(3-11)6(16)4(26-7(9)15-8(17)14-5(12)1-13-15)2-25-30(21,22)28-31(23,24)27-29(18,19)20/h1,4,6-7,16H,2-3H2,(H,21,22)(H,23,24)(H2,12,14,17)(H2,18,19,20)/t4-,6+,7-,9?/m1/s1/i2D2. The summed E-state index contributed by atoms with van der Waals surface area (Å²) in [6.07, 6.45) is -6.18. The topological polar surface area (TPSA) is 263 Å². The van der Waals surface area contributed by atoms with Crippen LogP contribution in [0.5, 0.6) is 0 Å². The molecule has 31 heavy (non-hydrogen) atoms. The fraction of sp³-hybridized carbons (Fsp3) is 0.667. The van der Waals surface area contributed by atoms with Gasteiger partial charge in [0, 0.05) is 0 Å². The zero-order chi connectivity index (χ0) is 25.6. The van der Waals surface area contributed by atoms with Crippen LogP contribution in [0, 0.1) is 0 Å². The molecule has 0 radical (unpaired) electrons. The third-order valence-electron chi connectivity index (χ3n) is 3.33. The molecule has 1 aromatic heterocycles. The van der Waals surface area contributed by atoms with Gasteiger partial charge in [-0.1, -0.05) is 0 Å². The van der Waals surface area contributed by atoms with Crippen LogP contribution in [-0.4, -0.2) is 69.8 Å². The number of halogens is 2. The first-order valence-electron chi connectivity index (χ1n) is 8.37. The van der Waals surface area contributed by atoms with Crippen LogP contribution in [0.15, 0.2) is 11.0 Å². The Labute approximate surface area is 178 Å². The van der Waals surface area contributed by atoms with Gasteiger partial charge in [-0.15, -0.1) is 11.6 Å². The van der Waals surface area contributed by atoms with Crippen LogP contribution in [0.2, 0.25) is 0 Å². The molecule has 0 aromatic carbocycles. The molecule has 1 aliphatic rings. The van der Waals surface area contributed by atoms with Gasteiger partial charge in [-0.05, 0) is 0 Å². The molecule has 0 saturated carbocycles. The molecule has 22 heteroatoms. The lowest BCUT2D eigenvalue weighted by atomic mass is 10.0. The van der Waals surface area contributed by atoms with Gasteiger partial charge in [0.15, 0.2) is 6.23 Å². The summed E-state index contributed by atoms with van der Waals surface area (Å²) < 4.78 is 79.4. The zero-order valence-corrected chi connectivity index (χ0v) is 18.0. The van der Waals surface area contributed by atoms with Crippen molar-refractivity contribution in [2.75, 3.05) is 19.0 Å². The molecule has 178 valence electrons. The van der Waals surface area contributed by atoms with Gasteiger partial charge in [0.1, 0.15) is 29.6 Å². The number of anilines is 1. The van der Waals surface area contributed by atoms with Crippen molar-refractivity contribution in [2.45, 2.75) is 23.3 Å². The number of hydrogen-bond acceptors (Lipinski definition) is 12. The Morgan fingerprint density at radius 3 is 2.45 bits per heavy atom. The van der Waals surface area contributed by atoms with Gasteiger partial charge in [-0.2, -0.15) is 23.4 Å². The fourth-order valence-electron chi connectivity index (χ4n) is 2.16. The molecule has 2 heterocycles. The summed E-state index contributed by atoms with van der Waals surface area (Å²) in [5, 5.41) is 13.8. The summed E-state index contributed by atoms with van der Waals surface area (Å²) in [5.74, 6) is -0.366. The molecule has 2 rings (SSSR count). The van der Waals surface area contributed by atoms with E-state index < -0.39 is 65.7 Å². The number of phosphoric ester groups is 1. The van der Waals surface area contributed by atoms with E-state index in [2.05, 4.69) is 23.2 Å². The van der Waals surface area contributed by atoms with Crippen molar-refractivity contribution < 1.29 is 63.4 Å². The zero-order valence-electron chi connectivity index (χ0n) is 16.5. The number of aromatic nitrogens is 3. The van der Waals surface area contributed by atoms with E-state index in [1.165, 1.54) is 0 Å². The Balaban J connectivity index is 2.34. The summed E-state index contributed by atoms with van der Waals surface area (Å²) in [5.41, 5.74) is 4.00. The summed E-state index contributed by atoms with van der Waals surface area (Å²) in [7, 11) is -17.8. The number of aliphatic hydroxyl groups excluding tert-OH is 1. The number of hydrogen-bond donors (Lipinski definition) is 6. The minimum atomic E-state index is -6.06. The summed E-state index contributed by atoms with van der Waals surface area (Å²) in [4.78, 5) is 48.3. The molecular weight excluding hydrogens is 519 g/mol. The van der Waals surface area contributed by atoms with Crippen molar-refractivity contribution in [3.63, 3.8) is 0 Å². The van der Waals surface area contributed by atoms with Gasteiger partial charge >= 0.3 is 29.2 Å². The van der Waals surface area contributed by atoms with E-state index in [1.54, 1.807) is 0 Å². The SMILES string of the molecule is [2H]C([2H])(OP(=O)(O)OP(=O)(O)OP(=O)(O)O)[C@H]1O[C@@H](n2ncc(N)nc2=O)C(Cl)(CF)[C@H]1O. The predicted octanol–water partition coefficient (Wildman–Crippen LogP) is -1.23. The number of nitrogens with zero attached hydrogens (tertiary/aromatic N) is 3. The Morgan fingerprint density at radius 1 is 1.32 bits per heavy atom. The minimum absolute atomic E-state index is 0.285. The van der Waals surface area contributed by atoms with Crippen LogP contribution in [0.1, 0.15) is 8.97 Å². The van der Waals surface area contributed by atoms with Crippen molar-refractivity contribution in [1.82, 2.24) is 14.8 Å². The van der Waals surface area contributed by atoms with E-state index in [9.17, 15) is 32.9 Å². The highest BCUT2D eigenvalue weighted by Gasteiger charge is 2.58. The van der Waals surface area contributed by atoms with Crippen LogP contribution in [0.4, 0.5) is 10.2 Å². The van der Waals surface area contributed by atoms with Crippen LogP contribution in [0.25, 0.3) is 0 Å². The highest BCUT2D eigenvalue weighted by atomic mass is 35.5. The van der Waals surface area contributed by atoms with Crippen LogP contribution < -0.4 is 11.4 Å². The van der Waals surface area contributed by atoms with E-state index in [0.29, 0.717) is 0 Å². The molecule has 0 amide bonds. The van der Waals surface area contributed by atoms with E-state index in [0.717, 1.165) is 6.20 Å². The normalized spacial score (nSPS) is 32.0. The first-order chi connectivity index (χ1) is 14.7. The Hall–Kier alpha value is -0.840. The lowest BCUT2D eigenvalue weighted by Gasteiger charge is -2.26. The van der Waals surface area contributed by atoms with E-state index >= 15 is 0 Å². The molecule has 17 nitrogen and oxygen atoms in total. The second-order valence-corrected chi connectivity index (χ2v) is 10.7. The predicted molar refractivity (Wildman–Crippen MR) is 95.0 cm³/mol. The number of ether oxygens (including phenoxy) is 1. The van der Waals surface area contributed by atoms with Gasteiger partial charge < -0.3 is 35.2 Å². The largest absolute Gasteiger partial charge is 0.490 e. The van der Waals surface area contributed by atoms with Crippen molar-refractivity contribution in [3.05, 3.63) is 16.7 Å². The first-order valence-corrected chi connectivity index (χ1v) is 12.3. The average Bonchev–Trinajstić information content (AvgIpc) is 2.83. The van der Waals surface area contributed by atoms with Gasteiger partial charge in [-0.25, -0.2) is 22.9 Å². The van der Waals surface area contributed by atoms with Gasteiger partial charge in [0.2, 0.25) is 0 Å². The molecule has 1 aromatic rings. The number of nitrogen functional groups attached to an aromatic ring is 1.